The zero-order valence-electron chi connectivity index (χ0n) is 26.2. The Hall–Kier alpha value is -2.63. The van der Waals surface area contributed by atoms with E-state index in [-0.39, 0.29) is 42.5 Å². The average molecular weight is 789 g/mol. The number of hydrogen-bond acceptors (Lipinski definition) is 5. The number of thiophene rings is 2. The molecular weight excluding hydrogens is 747 g/mol. The molecule has 1 radical (unpaired) electrons. The maximum Gasteiger partial charge on any atom is 0.164 e. The van der Waals surface area contributed by atoms with Gasteiger partial charge >= 0.3 is 0 Å². The van der Waals surface area contributed by atoms with Gasteiger partial charge in [0.25, 0.3) is 0 Å². The van der Waals surface area contributed by atoms with Crippen molar-refractivity contribution in [2.45, 2.75) is 74.1 Å². The molecule has 0 atom stereocenters. The van der Waals surface area contributed by atoms with E-state index in [2.05, 4.69) is 78.6 Å². The molecule has 0 amide bonds. The van der Waals surface area contributed by atoms with Crippen LogP contribution in [0.1, 0.15) is 72.1 Å². The van der Waals surface area contributed by atoms with Crippen LogP contribution in [-0.4, -0.2) is 15.9 Å². The van der Waals surface area contributed by atoms with Crippen molar-refractivity contribution in [3.63, 3.8) is 0 Å². The number of nitrogens with zero attached hydrogens (tertiary/aromatic N) is 1. The number of aromatic nitrogens is 1. The fourth-order valence-corrected chi connectivity index (χ4v) is 6.89. The summed E-state index contributed by atoms with van der Waals surface area (Å²) in [6.45, 7) is 14.2. The average Bonchev–Trinajstić information content (AvgIpc) is 3.66. The summed E-state index contributed by atoms with van der Waals surface area (Å²) in [5, 5.41) is 13.7. The molecule has 5 aromatic rings. The van der Waals surface area contributed by atoms with Crippen molar-refractivity contribution in [1.82, 2.24) is 4.98 Å². The van der Waals surface area contributed by atoms with E-state index in [1.54, 1.807) is 0 Å². The van der Waals surface area contributed by atoms with E-state index in [0.717, 1.165) is 42.3 Å². The quantitative estimate of drug-likeness (QED) is 0.0919. The van der Waals surface area contributed by atoms with E-state index in [9.17, 15) is 9.90 Å². The minimum absolute atomic E-state index is 0. The summed E-state index contributed by atoms with van der Waals surface area (Å²) < 4.78 is 1.23. The van der Waals surface area contributed by atoms with Gasteiger partial charge in [-0.15, -0.1) is 52.3 Å². The number of carbonyl (C=O) groups excluding carboxylic acids is 1. The van der Waals surface area contributed by atoms with Crippen LogP contribution in [0.3, 0.4) is 0 Å². The van der Waals surface area contributed by atoms with Crippen molar-refractivity contribution >= 4 is 49.3 Å². The third-order valence-electron chi connectivity index (χ3n) is 8.93. The van der Waals surface area contributed by atoms with Crippen molar-refractivity contribution in [3.05, 3.63) is 89.6 Å². The number of allylic oxidation sites excluding steroid dienone is 2. The van der Waals surface area contributed by atoms with Crippen LogP contribution in [0.25, 0.3) is 41.9 Å². The Morgan fingerprint density at radius 3 is 2.16 bits per heavy atom. The van der Waals surface area contributed by atoms with Crippen LogP contribution in [0.2, 0.25) is 0 Å². The molecule has 0 aliphatic rings. The number of benzene rings is 2. The summed E-state index contributed by atoms with van der Waals surface area (Å²) in [6, 6.07) is 24.9. The second kappa shape index (κ2) is 14.9. The number of aryl methyl sites for hydroxylation is 1. The molecule has 3 heterocycles. The third kappa shape index (κ3) is 7.72. The van der Waals surface area contributed by atoms with Gasteiger partial charge in [0.1, 0.15) is 5.76 Å². The van der Waals surface area contributed by atoms with Crippen LogP contribution in [0.15, 0.2) is 78.7 Å². The van der Waals surface area contributed by atoms with Gasteiger partial charge in [0.05, 0.1) is 0 Å². The Balaban J connectivity index is 0.000000250. The van der Waals surface area contributed by atoms with Gasteiger partial charge in [-0.05, 0) is 62.3 Å². The molecule has 3 nitrogen and oxygen atoms in total. The van der Waals surface area contributed by atoms with Gasteiger partial charge in [-0.1, -0.05) is 70.7 Å². The molecule has 0 aliphatic carbocycles. The molecule has 1 N–H and O–H groups in total. The van der Waals surface area contributed by atoms with Crippen molar-refractivity contribution < 1.29 is 30.0 Å². The molecular formula is C37H42IrNO2S2-. The Kier molecular flexibility index (Phi) is 12.1. The van der Waals surface area contributed by atoms with E-state index in [1.807, 2.05) is 70.4 Å². The van der Waals surface area contributed by atoms with E-state index in [4.69, 9.17) is 0 Å². The van der Waals surface area contributed by atoms with Crippen molar-refractivity contribution in [2.24, 2.45) is 10.8 Å². The number of ketones is 1. The molecule has 6 heteroatoms. The Morgan fingerprint density at radius 1 is 0.860 bits per heavy atom. The molecule has 0 saturated carbocycles. The summed E-state index contributed by atoms with van der Waals surface area (Å²) >= 11 is 3.66. The van der Waals surface area contributed by atoms with Crippen LogP contribution >= 0.6 is 22.7 Å². The topological polar surface area (TPSA) is 50.2 Å². The van der Waals surface area contributed by atoms with Gasteiger partial charge in [-0.2, -0.15) is 0 Å². The molecule has 0 bridgehead atoms. The van der Waals surface area contributed by atoms with E-state index in [0.29, 0.717) is 0 Å². The molecule has 2 aromatic carbocycles. The number of carbonyl (C=O) groups is 1. The molecule has 5 rings (SSSR count). The van der Waals surface area contributed by atoms with Crippen molar-refractivity contribution in [1.29, 1.82) is 0 Å². The first-order chi connectivity index (χ1) is 20.1. The largest absolute Gasteiger partial charge is 0.512 e. The van der Waals surface area contributed by atoms with E-state index >= 15 is 0 Å². The number of fused-ring (bicyclic) bond motifs is 2. The molecule has 0 saturated heterocycles. The molecule has 0 unspecified atom stereocenters. The van der Waals surface area contributed by atoms with Gasteiger partial charge in [-0.3, -0.25) is 9.78 Å². The zero-order chi connectivity index (χ0) is 30.5. The summed E-state index contributed by atoms with van der Waals surface area (Å²) in [5.74, 6) is 0.286. The van der Waals surface area contributed by atoms with Crippen molar-refractivity contribution in [2.75, 3.05) is 0 Å². The van der Waals surface area contributed by atoms with Gasteiger partial charge in [0.15, 0.2) is 5.78 Å². The summed E-state index contributed by atoms with van der Waals surface area (Å²) in [5.41, 5.74) is 1.47. The summed E-state index contributed by atoms with van der Waals surface area (Å²) in [6.07, 6.45) is 6.65. The van der Waals surface area contributed by atoms with Crippen LogP contribution < -0.4 is 0 Å². The van der Waals surface area contributed by atoms with Crippen LogP contribution in [0.5, 0.6) is 0 Å². The number of aliphatic hydroxyl groups is 1. The normalized spacial score (nSPS) is 12.1. The number of aliphatic hydroxyl groups excluding tert-OH is 1. The van der Waals surface area contributed by atoms with E-state index in [1.165, 1.54) is 36.2 Å². The standard InChI is InChI=1S/C22H14NS2.C15H28O2.Ir/c1-14-6-9-19(24-14)20-13-18-10-11-23-21(22(18)25-20)17-8-7-15-4-2-3-5-16(15)12-17;1-7-14(5,8-2)12(16)11-13(17)15(6,9-3)10-4;/h2-11,13H,1H3;11,16H,7-10H2,1-6H3;/q-1;;/b;12-11-;. The maximum absolute atomic E-state index is 12.2. The van der Waals surface area contributed by atoms with Gasteiger partial charge in [0, 0.05) is 68.2 Å². The summed E-state index contributed by atoms with van der Waals surface area (Å²) in [7, 11) is 0. The fraction of sp³-hybridized carbons (Fsp3) is 0.351. The second-order valence-electron chi connectivity index (χ2n) is 11.5. The first kappa shape index (κ1) is 34.9. The molecule has 3 aromatic heterocycles. The smallest absolute Gasteiger partial charge is 0.164 e. The van der Waals surface area contributed by atoms with Crippen molar-refractivity contribution in [3.8, 4) is 21.0 Å². The van der Waals surface area contributed by atoms with Crippen LogP contribution in [0, 0.1) is 23.8 Å². The van der Waals surface area contributed by atoms with E-state index < -0.39 is 0 Å². The van der Waals surface area contributed by atoms with Gasteiger partial charge in [0.2, 0.25) is 0 Å². The minimum Gasteiger partial charge on any atom is -0.512 e. The maximum atomic E-state index is 12.2. The number of rotatable bonds is 9. The summed E-state index contributed by atoms with van der Waals surface area (Å²) in [4.78, 5) is 20.8. The molecule has 0 aliphatic heterocycles. The third-order valence-corrected chi connectivity index (χ3v) is 11.3. The predicted molar refractivity (Wildman–Crippen MR) is 183 cm³/mol. The monoisotopic (exact) mass is 789 g/mol. The number of pyridine rings is 1. The molecule has 43 heavy (non-hydrogen) atoms. The molecule has 0 fully saturated rings. The molecule has 229 valence electrons. The van der Waals surface area contributed by atoms with Gasteiger partial charge in [-0.25, -0.2) is 0 Å². The Bertz CT molecular complexity index is 1710. The number of hydrogen-bond donors (Lipinski definition) is 1. The van der Waals surface area contributed by atoms with Gasteiger partial charge < -0.3 is 5.11 Å². The van der Waals surface area contributed by atoms with Crippen LogP contribution in [-0.2, 0) is 24.9 Å². The SMILES string of the molecule is CCC(C)(CC)C(=O)/C=C(\O)C(C)(CC)CC.Cc1ccc(-c2cc3ccnc(-c4[c-]c5ccccc5cc4)c3s2)s1.[Ir]. The Labute approximate surface area is 278 Å². The first-order valence-electron chi connectivity index (χ1n) is 14.9. The predicted octanol–water partition coefficient (Wildman–Crippen LogP) is 11.6. The first-order valence-corrected chi connectivity index (χ1v) is 16.5. The minimum atomic E-state index is -0.337. The Morgan fingerprint density at radius 2 is 1.53 bits per heavy atom. The second-order valence-corrected chi connectivity index (χ2v) is 13.8. The van der Waals surface area contributed by atoms with Crippen LogP contribution in [0.4, 0.5) is 0 Å². The molecule has 0 spiro atoms. The zero-order valence-corrected chi connectivity index (χ0v) is 30.2. The fourth-order valence-electron chi connectivity index (χ4n) is 4.78.